The van der Waals surface area contributed by atoms with Crippen LogP contribution in [-0.4, -0.2) is 18.2 Å². The molecule has 0 bridgehead atoms. The Kier molecular flexibility index (Phi) is 6.38. The van der Waals surface area contributed by atoms with Gasteiger partial charge in [0.25, 0.3) is 0 Å². The molecule has 0 unspecified atom stereocenters. The topological polar surface area (TPSA) is 27.3 Å². The van der Waals surface area contributed by atoms with Gasteiger partial charge in [-0.15, -0.1) is 0 Å². The number of anilines is 2. The summed E-state index contributed by atoms with van der Waals surface area (Å²) in [5.74, 6) is 0.775. The van der Waals surface area contributed by atoms with Gasteiger partial charge in [0, 0.05) is 18.8 Å². The molecule has 1 saturated heterocycles. The van der Waals surface area contributed by atoms with Crippen molar-refractivity contribution in [2.24, 2.45) is 5.92 Å². The fraction of sp³-hybridized carbons (Fsp3) is 0.381. The first-order valence-electron chi connectivity index (χ1n) is 9.20. The van der Waals surface area contributed by atoms with Crippen molar-refractivity contribution < 1.29 is 0 Å². The molecule has 26 heavy (non-hydrogen) atoms. The maximum absolute atomic E-state index is 6.17. The lowest BCUT2D eigenvalue weighted by Gasteiger charge is -2.33. The van der Waals surface area contributed by atoms with Crippen LogP contribution < -0.4 is 15.5 Å². The van der Waals surface area contributed by atoms with Gasteiger partial charge < -0.3 is 15.5 Å². The number of para-hydroxylation sites is 1. The SMILES string of the molecule is C[C@H]1CCCN(c2ccc([C@@H](C)NC(=S)Nc3ccccc3Cl)cc2)C1. The first-order valence-corrected chi connectivity index (χ1v) is 9.98. The Hall–Kier alpha value is -1.78. The fourth-order valence-corrected chi connectivity index (χ4v) is 3.87. The van der Waals surface area contributed by atoms with E-state index in [4.69, 9.17) is 23.8 Å². The van der Waals surface area contributed by atoms with Crippen LogP contribution in [0, 0.1) is 5.92 Å². The van der Waals surface area contributed by atoms with Gasteiger partial charge in [-0.25, -0.2) is 0 Å². The van der Waals surface area contributed by atoms with Crippen LogP contribution in [0.2, 0.25) is 5.02 Å². The van der Waals surface area contributed by atoms with Crippen molar-refractivity contribution in [3.8, 4) is 0 Å². The van der Waals surface area contributed by atoms with Gasteiger partial charge in [0.05, 0.1) is 16.8 Å². The van der Waals surface area contributed by atoms with Crippen LogP contribution in [0.15, 0.2) is 48.5 Å². The van der Waals surface area contributed by atoms with Gasteiger partial charge >= 0.3 is 0 Å². The zero-order valence-corrected chi connectivity index (χ0v) is 16.9. The van der Waals surface area contributed by atoms with E-state index in [9.17, 15) is 0 Å². The monoisotopic (exact) mass is 387 g/mol. The number of halogens is 1. The standard InChI is InChI=1S/C21H26ClN3S/c1-15-6-5-13-25(14-15)18-11-9-17(10-12-18)16(2)23-21(26)24-20-8-4-3-7-19(20)22/h3-4,7-12,15-16H,5-6,13-14H2,1-2H3,(H2,23,24,26)/t15-,16+/m0/s1. The van der Waals surface area contributed by atoms with E-state index in [1.165, 1.54) is 24.1 Å². The number of nitrogens with one attached hydrogen (secondary N) is 2. The number of hydrogen-bond donors (Lipinski definition) is 2. The lowest BCUT2D eigenvalue weighted by molar-refractivity contribution is 0.447. The minimum Gasteiger partial charge on any atom is -0.371 e. The number of hydrogen-bond acceptors (Lipinski definition) is 2. The smallest absolute Gasteiger partial charge is 0.171 e. The summed E-state index contributed by atoms with van der Waals surface area (Å²) in [5, 5.41) is 7.71. The van der Waals surface area contributed by atoms with Crippen LogP contribution in [0.1, 0.15) is 38.3 Å². The average Bonchev–Trinajstić information content (AvgIpc) is 2.64. The lowest BCUT2D eigenvalue weighted by Crippen LogP contribution is -2.34. The van der Waals surface area contributed by atoms with Crippen molar-refractivity contribution in [1.29, 1.82) is 0 Å². The second-order valence-electron chi connectivity index (χ2n) is 7.08. The molecule has 1 aliphatic heterocycles. The predicted octanol–water partition coefficient (Wildman–Crippen LogP) is 5.62. The Morgan fingerprint density at radius 3 is 2.62 bits per heavy atom. The molecular formula is C21H26ClN3S. The molecule has 0 saturated carbocycles. The Bertz CT molecular complexity index is 747. The summed E-state index contributed by atoms with van der Waals surface area (Å²) < 4.78 is 0. The van der Waals surface area contributed by atoms with Gasteiger partial charge in [0.15, 0.2) is 5.11 Å². The van der Waals surface area contributed by atoms with Gasteiger partial charge in [0.2, 0.25) is 0 Å². The third-order valence-corrected chi connectivity index (χ3v) is 5.43. The van der Waals surface area contributed by atoms with Gasteiger partial charge in [-0.2, -0.15) is 0 Å². The quantitative estimate of drug-likeness (QED) is 0.665. The highest BCUT2D eigenvalue weighted by atomic mass is 35.5. The molecule has 3 rings (SSSR count). The maximum atomic E-state index is 6.17. The second-order valence-corrected chi connectivity index (χ2v) is 7.90. The molecule has 2 atom stereocenters. The Balaban J connectivity index is 1.58. The van der Waals surface area contributed by atoms with Crippen molar-refractivity contribution in [3.63, 3.8) is 0 Å². The number of rotatable bonds is 4. The van der Waals surface area contributed by atoms with E-state index in [2.05, 4.69) is 53.6 Å². The average molecular weight is 388 g/mol. The normalized spacial score (nSPS) is 18.3. The van der Waals surface area contributed by atoms with Crippen LogP contribution in [0.3, 0.4) is 0 Å². The zero-order valence-electron chi connectivity index (χ0n) is 15.3. The minimum absolute atomic E-state index is 0.117. The molecule has 2 aromatic rings. The van der Waals surface area contributed by atoms with Crippen molar-refractivity contribution in [2.75, 3.05) is 23.3 Å². The molecule has 0 amide bonds. The van der Waals surface area contributed by atoms with Crippen molar-refractivity contribution in [2.45, 2.75) is 32.7 Å². The Morgan fingerprint density at radius 1 is 1.19 bits per heavy atom. The van der Waals surface area contributed by atoms with Crippen molar-refractivity contribution in [1.82, 2.24) is 5.32 Å². The van der Waals surface area contributed by atoms with Crippen molar-refractivity contribution >= 4 is 40.3 Å². The van der Waals surface area contributed by atoms with Gasteiger partial charge in [-0.05, 0) is 67.7 Å². The third-order valence-electron chi connectivity index (χ3n) is 4.88. The molecule has 0 spiro atoms. The molecule has 2 N–H and O–H groups in total. The van der Waals surface area contributed by atoms with E-state index in [-0.39, 0.29) is 6.04 Å². The van der Waals surface area contributed by atoms with Gasteiger partial charge in [-0.3, -0.25) is 0 Å². The van der Waals surface area contributed by atoms with Gasteiger partial charge in [-0.1, -0.05) is 42.8 Å². The summed E-state index contributed by atoms with van der Waals surface area (Å²) >= 11 is 11.6. The Labute approximate surface area is 166 Å². The number of benzene rings is 2. The molecule has 1 fully saturated rings. The molecule has 0 aliphatic carbocycles. The van der Waals surface area contributed by atoms with E-state index in [1.807, 2.05) is 24.3 Å². The molecule has 0 aromatic heterocycles. The molecular weight excluding hydrogens is 362 g/mol. The maximum Gasteiger partial charge on any atom is 0.171 e. The number of thiocarbonyl (C=S) groups is 1. The van der Waals surface area contributed by atoms with E-state index in [0.29, 0.717) is 10.1 Å². The highest BCUT2D eigenvalue weighted by Gasteiger charge is 2.17. The largest absolute Gasteiger partial charge is 0.371 e. The van der Waals surface area contributed by atoms with Gasteiger partial charge in [0.1, 0.15) is 0 Å². The molecule has 1 heterocycles. The summed E-state index contributed by atoms with van der Waals surface area (Å²) in [5.41, 5.74) is 3.33. The first-order chi connectivity index (χ1) is 12.5. The minimum atomic E-state index is 0.117. The molecule has 2 aromatic carbocycles. The molecule has 5 heteroatoms. The van der Waals surface area contributed by atoms with Crippen LogP contribution in [-0.2, 0) is 0 Å². The van der Waals surface area contributed by atoms with Crippen LogP contribution in [0.4, 0.5) is 11.4 Å². The van der Waals surface area contributed by atoms with E-state index < -0.39 is 0 Å². The van der Waals surface area contributed by atoms with Crippen LogP contribution >= 0.6 is 23.8 Å². The zero-order chi connectivity index (χ0) is 18.5. The predicted molar refractivity (Wildman–Crippen MR) is 116 cm³/mol. The summed E-state index contributed by atoms with van der Waals surface area (Å²) in [6, 6.07) is 16.5. The molecule has 0 radical (unpaired) electrons. The van der Waals surface area contributed by atoms with E-state index >= 15 is 0 Å². The lowest BCUT2D eigenvalue weighted by atomic mass is 9.99. The second kappa shape index (κ2) is 8.74. The summed E-state index contributed by atoms with van der Waals surface area (Å²) in [6.45, 7) is 6.75. The number of nitrogens with zero attached hydrogens (tertiary/aromatic N) is 1. The highest BCUT2D eigenvalue weighted by molar-refractivity contribution is 7.80. The summed E-state index contributed by atoms with van der Waals surface area (Å²) in [4.78, 5) is 2.49. The number of piperidine rings is 1. The third kappa shape index (κ3) is 4.89. The fourth-order valence-electron chi connectivity index (χ4n) is 3.40. The molecule has 138 valence electrons. The van der Waals surface area contributed by atoms with E-state index in [1.54, 1.807) is 0 Å². The molecule has 1 aliphatic rings. The molecule has 3 nitrogen and oxygen atoms in total. The summed E-state index contributed by atoms with van der Waals surface area (Å²) in [6.07, 6.45) is 2.62. The summed E-state index contributed by atoms with van der Waals surface area (Å²) in [7, 11) is 0. The van der Waals surface area contributed by atoms with Crippen LogP contribution in [0.25, 0.3) is 0 Å². The van der Waals surface area contributed by atoms with Crippen molar-refractivity contribution in [3.05, 3.63) is 59.1 Å². The van der Waals surface area contributed by atoms with Crippen LogP contribution in [0.5, 0.6) is 0 Å². The first kappa shape index (κ1) is 19.0. The highest BCUT2D eigenvalue weighted by Crippen LogP contribution is 2.25. The Morgan fingerprint density at radius 2 is 1.92 bits per heavy atom. The van der Waals surface area contributed by atoms with E-state index in [0.717, 1.165) is 24.7 Å².